The molecule has 3 N–H and O–H groups in total. The molecule has 0 heterocycles. The Bertz CT molecular complexity index is 235. The lowest BCUT2D eigenvalue weighted by molar-refractivity contribution is -0.120. The van der Waals surface area contributed by atoms with Crippen LogP contribution in [-0.4, -0.2) is 36.2 Å². The van der Waals surface area contributed by atoms with Gasteiger partial charge in [0.15, 0.2) is 0 Å². The Morgan fingerprint density at radius 1 is 1.50 bits per heavy atom. The summed E-state index contributed by atoms with van der Waals surface area (Å²) in [5.74, 6) is 0.0468. The molecule has 4 heteroatoms. The van der Waals surface area contributed by atoms with E-state index in [2.05, 4.69) is 10.6 Å². The number of aliphatic hydroxyl groups is 1. The van der Waals surface area contributed by atoms with Crippen molar-refractivity contribution in [1.82, 2.24) is 10.6 Å². The molecule has 4 nitrogen and oxygen atoms in total. The molecule has 1 atom stereocenters. The van der Waals surface area contributed by atoms with Gasteiger partial charge in [-0.15, -0.1) is 0 Å². The number of carbonyl (C=O) groups is 1. The Morgan fingerprint density at radius 3 is 2.62 bits per heavy atom. The second-order valence-electron chi connectivity index (χ2n) is 5.65. The number of nitrogens with one attached hydrogen (secondary N) is 2. The SMILES string of the molecule is CC(O)CC(C)(C)CNC(=O)CNC1CC1. The van der Waals surface area contributed by atoms with Gasteiger partial charge < -0.3 is 15.7 Å². The van der Waals surface area contributed by atoms with Gasteiger partial charge in [-0.3, -0.25) is 4.79 Å². The molecule has 0 aromatic heterocycles. The first kappa shape index (κ1) is 13.5. The monoisotopic (exact) mass is 228 g/mol. The zero-order valence-corrected chi connectivity index (χ0v) is 10.5. The average Bonchev–Trinajstić information content (AvgIpc) is 2.93. The Hall–Kier alpha value is -0.610. The van der Waals surface area contributed by atoms with E-state index in [0.29, 0.717) is 25.6 Å². The third-order valence-corrected chi connectivity index (χ3v) is 2.74. The van der Waals surface area contributed by atoms with Crippen molar-refractivity contribution in [3.8, 4) is 0 Å². The fraction of sp³-hybridized carbons (Fsp3) is 0.917. The molecular weight excluding hydrogens is 204 g/mol. The van der Waals surface area contributed by atoms with Crippen LogP contribution in [0.15, 0.2) is 0 Å². The Balaban J connectivity index is 2.13. The Morgan fingerprint density at radius 2 is 2.12 bits per heavy atom. The first-order valence-electron chi connectivity index (χ1n) is 6.07. The van der Waals surface area contributed by atoms with Gasteiger partial charge in [0, 0.05) is 12.6 Å². The summed E-state index contributed by atoms with van der Waals surface area (Å²) in [6, 6.07) is 0.566. The fourth-order valence-electron chi connectivity index (χ4n) is 1.80. The van der Waals surface area contributed by atoms with Gasteiger partial charge in [0.25, 0.3) is 0 Å². The van der Waals surface area contributed by atoms with E-state index >= 15 is 0 Å². The lowest BCUT2D eigenvalue weighted by Gasteiger charge is -2.26. The Labute approximate surface area is 97.8 Å². The standard InChI is InChI=1S/C12H24N2O2/c1-9(15)6-12(2,3)8-14-11(16)7-13-10-4-5-10/h9-10,13,15H,4-8H2,1-3H3,(H,14,16). The lowest BCUT2D eigenvalue weighted by Crippen LogP contribution is -2.40. The van der Waals surface area contributed by atoms with Gasteiger partial charge in [-0.25, -0.2) is 0 Å². The van der Waals surface area contributed by atoms with Crippen molar-refractivity contribution in [2.24, 2.45) is 5.41 Å². The zero-order valence-electron chi connectivity index (χ0n) is 10.5. The highest BCUT2D eigenvalue weighted by Crippen LogP contribution is 2.21. The highest BCUT2D eigenvalue weighted by molar-refractivity contribution is 5.78. The molecule has 94 valence electrons. The number of hydrogen-bond acceptors (Lipinski definition) is 3. The molecule has 1 unspecified atom stereocenters. The van der Waals surface area contributed by atoms with Gasteiger partial charge in [-0.05, 0) is 31.6 Å². The molecule has 1 rings (SSSR count). The van der Waals surface area contributed by atoms with Crippen LogP contribution in [0.5, 0.6) is 0 Å². The van der Waals surface area contributed by atoms with E-state index in [0.717, 1.165) is 0 Å². The third-order valence-electron chi connectivity index (χ3n) is 2.74. The molecule has 1 amide bonds. The Kier molecular flexibility index (Phi) is 4.74. The summed E-state index contributed by atoms with van der Waals surface area (Å²) in [6.45, 7) is 6.90. The largest absolute Gasteiger partial charge is 0.393 e. The summed E-state index contributed by atoms with van der Waals surface area (Å²) >= 11 is 0. The molecule has 1 aliphatic carbocycles. The highest BCUT2D eigenvalue weighted by atomic mass is 16.3. The number of carbonyl (C=O) groups excluding carboxylic acids is 1. The molecule has 0 aliphatic heterocycles. The van der Waals surface area contributed by atoms with Gasteiger partial charge in [0.05, 0.1) is 12.6 Å². The maximum Gasteiger partial charge on any atom is 0.233 e. The molecule has 0 bridgehead atoms. The summed E-state index contributed by atoms with van der Waals surface area (Å²) in [5, 5.41) is 15.4. The van der Waals surface area contributed by atoms with Crippen LogP contribution in [0.3, 0.4) is 0 Å². The second-order valence-corrected chi connectivity index (χ2v) is 5.65. The number of amides is 1. The first-order chi connectivity index (χ1) is 7.39. The van der Waals surface area contributed by atoms with Gasteiger partial charge >= 0.3 is 0 Å². The van der Waals surface area contributed by atoms with E-state index < -0.39 is 0 Å². The van der Waals surface area contributed by atoms with Gasteiger partial charge in [-0.2, -0.15) is 0 Å². The van der Waals surface area contributed by atoms with Crippen LogP contribution in [0.2, 0.25) is 0 Å². The minimum atomic E-state index is -0.323. The van der Waals surface area contributed by atoms with Crippen LogP contribution in [0.4, 0.5) is 0 Å². The van der Waals surface area contributed by atoms with E-state index in [1.807, 2.05) is 13.8 Å². The maximum atomic E-state index is 11.5. The topological polar surface area (TPSA) is 61.4 Å². The minimum Gasteiger partial charge on any atom is -0.393 e. The van der Waals surface area contributed by atoms with Crippen molar-refractivity contribution in [2.45, 2.75) is 52.2 Å². The molecular formula is C12H24N2O2. The zero-order chi connectivity index (χ0) is 12.2. The summed E-state index contributed by atoms with van der Waals surface area (Å²) in [6.07, 6.45) is 2.77. The molecule has 0 saturated heterocycles. The van der Waals surface area contributed by atoms with Crippen molar-refractivity contribution in [3.63, 3.8) is 0 Å². The molecule has 1 saturated carbocycles. The van der Waals surface area contributed by atoms with Gasteiger partial charge in [0.1, 0.15) is 0 Å². The number of hydrogen-bond donors (Lipinski definition) is 3. The van der Waals surface area contributed by atoms with Crippen molar-refractivity contribution >= 4 is 5.91 Å². The van der Waals surface area contributed by atoms with Crippen LogP contribution >= 0.6 is 0 Å². The number of aliphatic hydroxyl groups excluding tert-OH is 1. The van der Waals surface area contributed by atoms with E-state index in [1.165, 1.54) is 12.8 Å². The molecule has 0 aromatic carbocycles. The van der Waals surface area contributed by atoms with Crippen molar-refractivity contribution in [2.75, 3.05) is 13.1 Å². The van der Waals surface area contributed by atoms with Crippen molar-refractivity contribution < 1.29 is 9.90 Å². The van der Waals surface area contributed by atoms with Crippen LogP contribution in [0.1, 0.15) is 40.0 Å². The van der Waals surface area contributed by atoms with Crippen LogP contribution < -0.4 is 10.6 Å². The van der Waals surface area contributed by atoms with Gasteiger partial charge in [0.2, 0.25) is 5.91 Å². The third kappa shape index (κ3) is 6.08. The predicted octanol–water partition coefficient (Wildman–Crippen LogP) is 0.652. The van der Waals surface area contributed by atoms with Crippen LogP contribution in [0.25, 0.3) is 0 Å². The summed E-state index contributed by atoms with van der Waals surface area (Å²) < 4.78 is 0. The quantitative estimate of drug-likeness (QED) is 0.599. The molecule has 0 aromatic rings. The molecule has 1 aliphatic rings. The minimum absolute atomic E-state index is 0.0468. The van der Waals surface area contributed by atoms with Crippen molar-refractivity contribution in [3.05, 3.63) is 0 Å². The molecule has 0 spiro atoms. The fourth-order valence-corrected chi connectivity index (χ4v) is 1.80. The molecule has 0 radical (unpaired) electrons. The van der Waals surface area contributed by atoms with Crippen LogP contribution in [0, 0.1) is 5.41 Å². The van der Waals surface area contributed by atoms with E-state index in [-0.39, 0.29) is 17.4 Å². The first-order valence-corrected chi connectivity index (χ1v) is 6.07. The normalized spacial score (nSPS) is 18.2. The second kappa shape index (κ2) is 5.64. The average molecular weight is 228 g/mol. The molecule has 16 heavy (non-hydrogen) atoms. The summed E-state index contributed by atoms with van der Waals surface area (Å²) in [7, 11) is 0. The maximum absolute atomic E-state index is 11.5. The number of rotatable bonds is 7. The lowest BCUT2D eigenvalue weighted by atomic mass is 9.87. The van der Waals surface area contributed by atoms with Crippen molar-refractivity contribution in [1.29, 1.82) is 0 Å². The summed E-state index contributed by atoms with van der Waals surface area (Å²) in [5.41, 5.74) is -0.0522. The summed E-state index contributed by atoms with van der Waals surface area (Å²) in [4.78, 5) is 11.5. The van der Waals surface area contributed by atoms with Crippen LogP contribution in [-0.2, 0) is 4.79 Å². The van der Waals surface area contributed by atoms with E-state index in [9.17, 15) is 9.90 Å². The predicted molar refractivity (Wildman–Crippen MR) is 64.1 cm³/mol. The smallest absolute Gasteiger partial charge is 0.233 e. The van der Waals surface area contributed by atoms with Gasteiger partial charge in [-0.1, -0.05) is 13.8 Å². The van der Waals surface area contributed by atoms with E-state index in [4.69, 9.17) is 0 Å². The molecule has 1 fully saturated rings. The highest BCUT2D eigenvalue weighted by Gasteiger charge is 2.23. The van der Waals surface area contributed by atoms with E-state index in [1.54, 1.807) is 6.92 Å².